The van der Waals surface area contributed by atoms with Gasteiger partial charge < -0.3 is 8.85 Å². The molecule has 0 aromatic heterocycles. The highest BCUT2D eigenvalue weighted by Crippen LogP contribution is 2.25. The van der Waals surface area contributed by atoms with E-state index in [1.807, 2.05) is 14.2 Å². The monoisotopic (exact) mass is 512 g/mol. The van der Waals surface area contributed by atoms with E-state index in [1.54, 1.807) is 0 Å². The molecule has 0 rings (SSSR count). The Bertz CT molecular complexity index is 384. The van der Waals surface area contributed by atoms with Crippen LogP contribution >= 0.6 is 0 Å². The standard InChI is InChI=1S/C32H68O2Si/c1-5-7-9-11-13-15-17-18-19-20-22-24-26-28-30-32-35(33-3,34-4)31-29-27-25-23-21-16-14-12-10-8-6-2/h5-32H2,1-4H3. The predicted octanol–water partition coefficient (Wildman–Crippen LogP) is 11.9. The highest BCUT2D eigenvalue weighted by molar-refractivity contribution is 6.67. The number of hydrogen-bond acceptors (Lipinski definition) is 2. The average molecular weight is 513 g/mol. The van der Waals surface area contributed by atoms with Crippen molar-refractivity contribution in [3.05, 3.63) is 0 Å². The van der Waals surface area contributed by atoms with Crippen molar-refractivity contribution in [2.75, 3.05) is 14.2 Å². The van der Waals surface area contributed by atoms with Gasteiger partial charge >= 0.3 is 8.56 Å². The lowest BCUT2D eigenvalue weighted by Crippen LogP contribution is -2.39. The van der Waals surface area contributed by atoms with E-state index < -0.39 is 8.56 Å². The van der Waals surface area contributed by atoms with E-state index in [-0.39, 0.29) is 0 Å². The zero-order valence-electron chi connectivity index (χ0n) is 25.1. The fourth-order valence-corrected chi connectivity index (χ4v) is 8.25. The fraction of sp³-hybridized carbons (Fsp3) is 1.00. The molecule has 0 heterocycles. The van der Waals surface area contributed by atoms with Crippen LogP contribution in [-0.2, 0) is 8.85 Å². The third-order valence-electron chi connectivity index (χ3n) is 8.07. The molecule has 0 aromatic rings. The van der Waals surface area contributed by atoms with Gasteiger partial charge in [-0.2, -0.15) is 0 Å². The summed E-state index contributed by atoms with van der Waals surface area (Å²) >= 11 is 0. The van der Waals surface area contributed by atoms with E-state index in [9.17, 15) is 0 Å². The second-order valence-corrected chi connectivity index (χ2v) is 14.9. The average Bonchev–Trinajstić information content (AvgIpc) is 2.88. The molecule has 0 spiro atoms. The van der Waals surface area contributed by atoms with Crippen LogP contribution in [0.5, 0.6) is 0 Å². The third-order valence-corrected chi connectivity index (χ3v) is 11.8. The van der Waals surface area contributed by atoms with Gasteiger partial charge in [0.15, 0.2) is 0 Å². The van der Waals surface area contributed by atoms with Gasteiger partial charge in [0.1, 0.15) is 0 Å². The summed E-state index contributed by atoms with van der Waals surface area (Å²) in [5.41, 5.74) is 0. The molecule has 2 nitrogen and oxygen atoms in total. The number of hydrogen-bond donors (Lipinski definition) is 0. The van der Waals surface area contributed by atoms with Crippen LogP contribution in [0.2, 0.25) is 12.1 Å². The van der Waals surface area contributed by atoms with Crippen LogP contribution < -0.4 is 0 Å². The summed E-state index contributed by atoms with van der Waals surface area (Å²) in [6.45, 7) is 4.60. The maximum absolute atomic E-state index is 6.01. The molecule has 3 heteroatoms. The van der Waals surface area contributed by atoms with E-state index in [4.69, 9.17) is 8.85 Å². The lowest BCUT2D eigenvalue weighted by atomic mass is 10.0. The molecule has 0 radical (unpaired) electrons. The second-order valence-electron chi connectivity index (χ2n) is 11.3. The topological polar surface area (TPSA) is 18.5 Å². The Morgan fingerprint density at radius 3 is 0.714 bits per heavy atom. The lowest BCUT2D eigenvalue weighted by Gasteiger charge is -2.27. The first-order valence-corrected chi connectivity index (χ1v) is 18.6. The molecular formula is C32H68O2Si. The molecule has 0 aliphatic carbocycles. The number of rotatable bonds is 30. The maximum atomic E-state index is 6.01. The van der Waals surface area contributed by atoms with E-state index in [0.29, 0.717) is 0 Å². The molecule has 0 amide bonds. The molecule has 0 N–H and O–H groups in total. The SMILES string of the molecule is CCCCCCCCCCCCCCCCC[Si](CCCCCCCCCCCCC)(OC)OC. The van der Waals surface area contributed by atoms with Crippen LogP contribution in [0.15, 0.2) is 0 Å². The Morgan fingerprint density at radius 2 is 0.514 bits per heavy atom. The van der Waals surface area contributed by atoms with Gasteiger partial charge in [-0.05, 0) is 12.1 Å². The molecule has 0 unspecified atom stereocenters. The van der Waals surface area contributed by atoms with E-state index in [0.717, 1.165) is 0 Å². The maximum Gasteiger partial charge on any atom is 0.337 e. The van der Waals surface area contributed by atoms with Crippen LogP contribution in [0.4, 0.5) is 0 Å². The summed E-state index contributed by atoms with van der Waals surface area (Å²) < 4.78 is 12.0. The largest absolute Gasteiger partial charge is 0.398 e. The van der Waals surface area contributed by atoms with E-state index in [1.165, 1.54) is 179 Å². The molecule has 0 bridgehead atoms. The molecule has 0 saturated heterocycles. The van der Waals surface area contributed by atoms with Crippen LogP contribution in [0.3, 0.4) is 0 Å². The van der Waals surface area contributed by atoms with Crippen LogP contribution in [-0.4, -0.2) is 22.8 Å². The summed E-state index contributed by atoms with van der Waals surface area (Å²) in [6, 6.07) is 2.38. The van der Waals surface area contributed by atoms with Crippen molar-refractivity contribution in [3.8, 4) is 0 Å². The van der Waals surface area contributed by atoms with Crippen molar-refractivity contribution >= 4 is 8.56 Å². The first-order valence-electron chi connectivity index (χ1n) is 16.3. The van der Waals surface area contributed by atoms with Gasteiger partial charge in [0.05, 0.1) is 0 Å². The van der Waals surface area contributed by atoms with Gasteiger partial charge in [0.25, 0.3) is 0 Å². The molecule has 0 atom stereocenters. The normalized spacial score (nSPS) is 12.0. The summed E-state index contributed by atoms with van der Waals surface area (Å²) in [6.07, 6.45) is 36.8. The van der Waals surface area contributed by atoms with Crippen molar-refractivity contribution in [1.29, 1.82) is 0 Å². The van der Waals surface area contributed by atoms with Crippen molar-refractivity contribution < 1.29 is 8.85 Å². The van der Waals surface area contributed by atoms with Gasteiger partial charge in [-0.25, -0.2) is 0 Å². The summed E-state index contributed by atoms with van der Waals surface area (Å²) in [7, 11) is 1.86. The van der Waals surface area contributed by atoms with Gasteiger partial charge in [-0.15, -0.1) is 0 Å². The molecular weight excluding hydrogens is 444 g/mol. The molecule has 35 heavy (non-hydrogen) atoms. The lowest BCUT2D eigenvalue weighted by molar-refractivity contribution is 0.238. The first-order chi connectivity index (χ1) is 17.2. The predicted molar refractivity (Wildman–Crippen MR) is 161 cm³/mol. The molecule has 0 saturated carbocycles. The number of unbranched alkanes of at least 4 members (excludes halogenated alkanes) is 24. The third kappa shape index (κ3) is 24.2. The van der Waals surface area contributed by atoms with Gasteiger partial charge in [0.2, 0.25) is 0 Å². The minimum absolute atomic E-state index is 1.19. The molecule has 0 aromatic carbocycles. The quantitative estimate of drug-likeness (QED) is 0.0703. The van der Waals surface area contributed by atoms with Gasteiger partial charge in [-0.3, -0.25) is 0 Å². The Morgan fingerprint density at radius 1 is 0.314 bits per heavy atom. The Hall–Kier alpha value is 0.137. The Kier molecular flexibility index (Phi) is 28.8. The minimum atomic E-state index is -1.94. The summed E-state index contributed by atoms with van der Waals surface area (Å²) in [4.78, 5) is 0. The minimum Gasteiger partial charge on any atom is -0.398 e. The van der Waals surface area contributed by atoms with Crippen LogP contribution in [0, 0.1) is 0 Å². The highest BCUT2D eigenvalue weighted by Gasteiger charge is 2.33. The zero-order valence-corrected chi connectivity index (χ0v) is 26.1. The highest BCUT2D eigenvalue weighted by atomic mass is 28.4. The van der Waals surface area contributed by atoms with Crippen molar-refractivity contribution in [2.45, 2.75) is 193 Å². The first kappa shape index (κ1) is 35.1. The van der Waals surface area contributed by atoms with Gasteiger partial charge in [0, 0.05) is 14.2 Å². The summed E-state index contributed by atoms with van der Waals surface area (Å²) in [5.74, 6) is 0. The van der Waals surface area contributed by atoms with E-state index in [2.05, 4.69) is 13.8 Å². The van der Waals surface area contributed by atoms with Crippen molar-refractivity contribution in [3.63, 3.8) is 0 Å². The molecule has 0 aliphatic rings. The second kappa shape index (κ2) is 28.7. The van der Waals surface area contributed by atoms with Crippen molar-refractivity contribution in [1.82, 2.24) is 0 Å². The van der Waals surface area contributed by atoms with E-state index >= 15 is 0 Å². The molecule has 0 fully saturated rings. The van der Waals surface area contributed by atoms with Crippen molar-refractivity contribution in [2.24, 2.45) is 0 Å². The fourth-order valence-electron chi connectivity index (χ4n) is 5.44. The molecule has 0 aliphatic heterocycles. The van der Waals surface area contributed by atoms with Crippen LogP contribution in [0.25, 0.3) is 0 Å². The molecule has 212 valence electrons. The Balaban J connectivity index is 3.55. The summed E-state index contributed by atoms with van der Waals surface area (Å²) in [5, 5.41) is 0. The van der Waals surface area contributed by atoms with Gasteiger partial charge in [-0.1, -0.05) is 181 Å². The van der Waals surface area contributed by atoms with Crippen LogP contribution in [0.1, 0.15) is 181 Å². The smallest absolute Gasteiger partial charge is 0.337 e. The zero-order chi connectivity index (χ0) is 25.7. The Labute approximate surface area is 224 Å².